The van der Waals surface area contributed by atoms with E-state index >= 15 is 0 Å². The molecule has 3 aromatic rings. The maximum Gasteiger partial charge on any atom is 0.264 e. The smallest absolute Gasteiger partial charge is 0.264 e. The van der Waals surface area contributed by atoms with Gasteiger partial charge in [-0.1, -0.05) is 30.3 Å². The highest BCUT2D eigenvalue weighted by molar-refractivity contribution is 7.98. The van der Waals surface area contributed by atoms with Crippen LogP contribution in [0.1, 0.15) is 17.5 Å². The topological polar surface area (TPSA) is 75.7 Å². The minimum atomic E-state index is -3.70. The van der Waals surface area contributed by atoms with Crippen LogP contribution in [0.15, 0.2) is 76.5 Å². The summed E-state index contributed by atoms with van der Waals surface area (Å²) in [5, 5.41) is 2.85. The number of anilines is 2. The number of fused-ring (bicyclic) bond motifs is 1. The van der Waals surface area contributed by atoms with Crippen molar-refractivity contribution in [3.63, 3.8) is 0 Å². The molecule has 4 rings (SSSR count). The van der Waals surface area contributed by atoms with E-state index in [-0.39, 0.29) is 17.4 Å². The van der Waals surface area contributed by atoms with Crippen molar-refractivity contribution in [2.24, 2.45) is 0 Å². The van der Waals surface area contributed by atoms with Crippen molar-refractivity contribution in [1.29, 1.82) is 0 Å². The first-order valence-corrected chi connectivity index (χ1v) is 13.3. The van der Waals surface area contributed by atoms with Crippen LogP contribution in [0.5, 0.6) is 5.75 Å². The third-order valence-electron chi connectivity index (χ3n) is 5.54. The summed E-state index contributed by atoms with van der Waals surface area (Å²) in [7, 11) is -3.70. The Morgan fingerprint density at radius 1 is 1.09 bits per heavy atom. The summed E-state index contributed by atoms with van der Waals surface area (Å²) < 4.78 is 33.9. The molecule has 0 radical (unpaired) electrons. The average molecular weight is 483 g/mol. The van der Waals surface area contributed by atoms with E-state index in [0.29, 0.717) is 17.9 Å². The molecule has 0 aromatic heterocycles. The molecular formula is C25H26N2O4S2. The lowest BCUT2D eigenvalue weighted by Crippen LogP contribution is -2.35. The summed E-state index contributed by atoms with van der Waals surface area (Å²) in [6.07, 6.45) is 3.60. The Bertz CT molecular complexity index is 1270. The Morgan fingerprint density at radius 3 is 2.64 bits per heavy atom. The lowest BCUT2D eigenvalue weighted by molar-refractivity contribution is -0.118. The summed E-state index contributed by atoms with van der Waals surface area (Å²) in [6, 6.07) is 19.9. The highest BCUT2D eigenvalue weighted by Crippen LogP contribution is 2.33. The molecule has 0 saturated heterocycles. The SMILES string of the molecule is CSc1ccccc1NC(=O)COc1ccc(S(=O)(=O)N2CCCc3ccccc32)cc1C. The van der Waals surface area contributed by atoms with Crippen molar-refractivity contribution in [2.75, 3.05) is 29.0 Å². The van der Waals surface area contributed by atoms with E-state index < -0.39 is 10.0 Å². The van der Waals surface area contributed by atoms with Crippen molar-refractivity contribution in [3.05, 3.63) is 77.9 Å². The maximum atomic E-state index is 13.4. The molecule has 6 nitrogen and oxygen atoms in total. The van der Waals surface area contributed by atoms with Gasteiger partial charge in [-0.15, -0.1) is 11.8 Å². The van der Waals surface area contributed by atoms with Gasteiger partial charge < -0.3 is 10.1 Å². The van der Waals surface area contributed by atoms with Gasteiger partial charge in [-0.25, -0.2) is 8.42 Å². The van der Waals surface area contributed by atoms with Gasteiger partial charge in [0.25, 0.3) is 15.9 Å². The summed E-state index contributed by atoms with van der Waals surface area (Å²) in [6.45, 7) is 2.06. The van der Waals surface area contributed by atoms with Crippen molar-refractivity contribution in [1.82, 2.24) is 0 Å². The Kier molecular flexibility index (Phi) is 6.95. The fourth-order valence-corrected chi connectivity index (χ4v) is 6.08. The zero-order chi connectivity index (χ0) is 23.4. The van der Waals surface area contributed by atoms with Crippen LogP contribution in [0.3, 0.4) is 0 Å². The molecule has 3 aromatic carbocycles. The van der Waals surface area contributed by atoms with Gasteiger partial charge in [0.15, 0.2) is 6.61 Å². The third-order valence-corrected chi connectivity index (χ3v) is 8.15. The van der Waals surface area contributed by atoms with Crippen LogP contribution in [-0.4, -0.2) is 33.7 Å². The van der Waals surface area contributed by atoms with E-state index in [4.69, 9.17) is 4.74 Å². The molecule has 0 unspecified atom stereocenters. The first kappa shape index (κ1) is 23.2. The molecule has 1 aliphatic heterocycles. The number of carbonyl (C=O) groups excluding carboxylic acids is 1. The summed E-state index contributed by atoms with van der Waals surface area (Å²) in [5.41, 5.74) is 3.17. The fourth-order valence-electron chi connectivity index (χ4n) is 3.90. The second kappa shape index (κ2) is 9.89. The first-order valence-electron chi connectivity index (χ1n) is 10.7. The van der Waals surface area contributed by atoms with E-state index in [0.717, 1.165) is 34.7 Å². The first-order chi connectivity index (χ1) is 15.9. The summed E-state index contributed by atoms with van der Waals surface area (Å²) in [5.74, 6) is 0.193. The van der Waals surface area contributed by atoms with Crippen LogP contribution < -0.4 is 14.4 Å². The molecule has 0 bridgehead atoms. The molecule has 0 aliphatic carbocycles. The number of aryl methyl sites for hydroxylation is 2. The van der Waals surface area contributed by atoms with Gasteiger partial charge in [-0.2, -0.15) is 0 Å². The van der Waals surface area contributed by atoms with Crippen LogP contribution in [-0.2, 0) is 21.2 Å². The summed E-state index contributed by atoms with van der Waals surface area (Å²) in [4.78, 5) is 13.5. The molecule has 1 amide bonds. The molecule has 1 aliphatic rings. The van der Waals surface area contributed by atoms with Gasteiger partial charge in [-0.05, 0) is 73.5 Å². The zero-order valence-corrected chi connectivity index (χ0v) is 20.2. The molecular weight excluding hydrogens is 456 g/mol. The number of hydrogen-bond donors (Lipinski definition) is 1. The Balaban J connectivity index is 1.47. The zero-order valence-electron chi connectivity index (χ0n) is 18.6. The average Bonchev–Trinajstić information content (AvgIpc) is 2.83. The largest absolute Gasteiger partial charge is 0.483 e. The molecule has 1 N–H and O–H groups in total. The third kappa shape index (κ3) is 5.02. The van der Waals surface area contributed by atoms with E-state index in [1.807, 2.05) is 54.8 Å². The van der Waals surface area contributed by atoms with Gasteiger partial charge in [0.2, 0.25) is 0 Å². The van der Waals surface area contributed by atoms with Gasteiger partial charge >= 0.3 is 0 Å². The Morgan fingerprint density at radius 2 is 1.85 bits per heavy atom. The second-order valence-corrected chi connectivity index (χ2v) is 10.5. The van der Waals surface area contributed by atoms with Crippen LogP contribution in [0.25, 0.3) is 0 Å². The predicted octanol–water partition coefficient (Wildman–Crippen LogP) is 4.88. The van der Waals surface area contributed by atoms with E-state index in [2.05, 4.69) is 5.32 Å². The highest BCUT2D eigenvalue weighted by Gasteiger charge is 2.29. The molecule has 8 heteroatoms. The minimum Gasteiger partial charge on any atom is -0.483 e. The van der Waals surface area contributed by atoms with Crippen LogP contribution in [0.2, 0.25) is 0 Å². The Hall–Kier alpha value is -2.97. The monoisotopic (exact) mass is 482 g/mol. The van der Waals surface area contributed by atoms with Gasteiger partial charge in [0.1, 0.15) is 5.75 Å². The van der Waals surface area contributed by atoms with Crippen molar-refractivity contribution >= 4 is 39.1 Å². The van der Waals surface area contributed by atoms with Crippen LogP contribution >= 0.6 is 11.8 Å². The molecule has 0 atom stereocenters. The molecule has 1 heterocycles. The van der Waals surface area contributed by atoms with Crippen LogP contribution in [0, 0.1) is 6.92 Å². The number of hydrogen-bond acceptors (Lipinski definition) is 5. The van der Waals surface area contributed by atoms with Gasteiger partial charge in [0.05, 0.1) is 16.3 Å². The maximum absolute atomic E-state index is 13.4. The number of benzene rings is 3. The van der Waals surface area contributed by atoms with Gasteiger partial charge in [0, 0.05) is 11.4 Å². The number of sulfonamides is 1. The number of rotatable bonds is 7. The lowest BCUT2D eigenvalue weighted by atomic mass is 10.0. The van der Waals surface area contributed by atoms with Crippen molar-refractivity contribution in [3.8, 4) is 5.75 Å². The lowest BCUT2D eigenvalue weighted by Gasteiger charge is -2.30. The number of para-hydroxylation sites is 2. The molecule has 33 heavy (non-hydrogen) atoms. The van der Waals surface area contributed by atoms with E-state index in [1.165, 1.54) is 10.4 Å². The fraction of sp³-hybridized carbons (Fsp3) is 0.240. The number of thioether (sulfide) groups is 1. The molecule has 0 saturated carbocycles. The van der Waals surface area contributed by atoms with E-state index in [9.17, 15) is 13.2 Å². The molecule has 0 spiro atoms. The minimum absolute atomic E-state index is 0.171. The van der Waals surface area contributed by atoms with Crippen molar-refractivity contribution < 1.29 is 17.9 Å². The Labute approximate surface area is 199 Å². The number of ether oxygens (including phenoxy) is 1. The second-order valence-electron chi connectivity index (χ2n) is 7.77. The number of amides is 1. The van der Waals surface area contributed by atoms with E-state index in [1.54, 1.807) is 30.8 Å². The highest BCUT2D eigenvalue weighted by atomic mass is 32.2. The number of carbonyl (C=O) groups is 1. The van der Waals surface area contributed by atoms with Crippen molar-refractivity contribution in [2.45, 2.75) is 29.6 Å². The molecule has 0 fully saturated rings. The quantitative estimate of drug-likeness (QED) is 0.486. The van der Waals surface area contributed by atoms with Crippen LogP contribution in [0.4, 0.5) is 11.4 Å². The predicted molar refractivity (Wildman–Crippen MR) is 133 cm³/mol. The van der Waals surface area contributed by atoms with Gasteiger partial charge in [-0.3, -0.25) is 9.10 Å². The number of nitrogens with one attached hydrogen (secondary N) is 1. The summed E-state index contributed by atoms with van der Waals surface area (Å²) >= 11 is 1.55. The normalized spacial score (nSPS) is 13.3. The standard InChI is InChI=1S/C25H26N2O4S2/c1-18-16-20(33(29,30)27-15-7-9-19-8-3-5-11-22(19)27)13-14-23(18)31-17-25(28)26-21-10-4-6-12-24(21)32-2/h3-6,8,10-14,16H,7,9,15,17H2,1-2H3,(H,26,28). The molecule has 172 valence electrons. The number of nitrogens with zero attached hydrogens (tertiary/aromatic N) is 1.